The summed E-state index contributed by atoms with van der Waals surface area (Å²) in [6.07, 6.45) is -0.402. The third-order valence-corrected chi connectivity index (χ3v) is 3.25. The average molecular weight is 271 g/mol. The molecular weight excluding hydrogens is 252 g/mol. The summed E-state index contributed by atoms with van der Waals surface area (Å²) in [5.74, 6) is 0. The Labute approximate surface area is 111 Å². The summed E-state index contributed by atoms with van der Waals surface area (Å²) in [6.45, 7) is -0.758. The second kappa shape index (κ2) is 6.41. The molecule has 1 aliphatic carbocycles. The predicted octanol–water partition coefficient (Wildman–Crippen LogP) is 1.91. The summed E-state index contributed by atoms with van der Waals surface area (Å²) in [7, 11) is 0. The highest BCUT2D eigenvalue weighted by molar-refractivity contribution is 5.25. The van der Waals surface area contributed by atoms with Crippen LogP contribution in [0.2, 0.25) is 0 Å². The quantitative estimate of drug-likeness (QED) is 0.759. The molecule has 19 heavy (non-hydrogen) atoms. The minimum atomic E-state index is -2.49. The van der Waals surface area contributed by atoms with E-state index in [9.17, 15) is 13.9 Å². The topological polar surface area (TPSA) is 41.5 Å². The van der Waals surface area contributed by atoms with Gasteiger partial charge in [0.15, 0.2) is 0 Å². The lowest BCUT2D eigenvalue weighted by atomic mass is 9.91. The number of hydrogen-bond donors (Lipinski definition) is 2. The summed E-state index contributed by atoms with van der Waals surface area (Å²) >= 11 is 0. The fourth-order valence-electron chi connectivity index (χ4n) is 2.09. The monoisotopic (exact) mass is 271 g/mol. The van der Waals surface area contributed by atoms with Crippen LogP contribution in [0.1, 0.15) is 18.4 Å². The van der Waals surface area contributed by atoms with Crippen molar-refractivity contribution >= 4 is 0 Å². The molecule has 0 radical (unpaired) electrons. The van der Waals surface area contributed by atoms with Crippen LogP contribution in [0.5, 0.6) is 0 Å². The SMILES string of the molecule is OCC(COCC(F)F)(NC1CC1)c1ccccc1. The number of alkyl halides is 2. The Hall–Kier alpha value is -1.04. The molecule has 3 nitrogen and oxygen atoms in total. The highest BCUT2D eigenvalue weighted by Crippen LogP contribution is 2.29. The molecule has 0 amide bonds. The van der Waals surface area contributed by atoms with E-state index in [0.717, 1.165) is 18.4 Å². The fourth-order valence-corrected chi connectivity index (χ4v) is 2.09. The van der Waals surface area contributed by atoms with Crippen LogP contribution in [0.15, 0.2) is 30.3 Å². The molecule has 1 fully saturated rings. The first-order chi connectivity index (χ1) is 9.16. The van der Waals surface area contributed by atoms with Crippen molar-refractivity contribution in [2.24, 2.45) is 0 Å². The van der Waals surface area contributed by atoms with Crippen molar-refractivity contribution in [1.82, 2.24) is 5.32 Å². The van der Waals surface area contributed by atoms with Gasteiger partial charge in [-0.25, -0.2) is 8.78 Å². The zero-order chi connectivity index (χ0) is 13.7. The minimum absolute atomic E-state index is 0.0361. The normalized spacial score (nSPS) is 18.5. The van der Waals surface area contributed by atoms with Gasteiger partial charge >= 0.3 is 0 Å². The van der Waals surface area contributed by atoms with Crippen molar-refractivity contribution in [3.05, 3.63) is 35.9 Å². The number of rotatable bonds is 8. The number of ether oxygens (including phenoxy) is 1. The lowest BCUT2D eigenvalue weighted by Crippen LogP contribution is -2.50. The molecule has 0 aromatic heterocycles. The standard InChI is InChI=1S/C14H19F2NO2/c15-13(16)8-19-10-14(9-18,17-12-6-7-12)11-4-2-1-3-5-11/h1-5,12-13,17-18H,6-10H2. The Morgan fingerprint density at radius 3 is 2.53 bits per heavy atom. The molecule has 1 aromatic rings. The summed E-state index contributed by atoms with van der Waals surface area (Å²) in [4.78, 5) is 0. The van der Waals surface area contributed by atoms with Crippen LogP contribution < -0.4 is 5.32 Å². The first-order valence-corrected chi connectivity index (χ1v) is 6.46. The van der Waals surface area contributed by atoms with Crippen LogP contribution >= 0.6 is 0 Å². The average Bonchev–Trinajstić information content (AvgIpc) is 3.22. The maximum atomic E-state index is 12.2. The first-order valence-electron chi connectivity index (χ1n) is 6.46. The van der Waals surface area contributed by atoms with E-state index in [2.05, 4.69) is 5.32 Å². The molecule has 2 N–H and O–H groups in total. The van der Waals surface area contributed by atoms with Crippen LogP contribution in [0.4, 0.5) is 8.78 Å². The Balaban J connectivity index is 2.10. The van der Waals surface area contributed by atoms with E-state index < -0.39 is 18.6 Å². The van der Waals surface area contributed by atoms with E-state index >= 15 is 0 Å². The fraction of sp³-hybridized carbons (Fsp3) is 0.571. The van der Waals surface area contributed by atoms with Gasteiger partial charge in [-0.15, -0.1) is 0 Å². The van der Waals surface area contributed by atoms with Gasteiger partial charge in [0.1, 0.15) is 6.61 Å². The van der Waals surface area contributed by atoms with E-state index in [0.29, 0.717) is 6.04 Å². The smallest absolute Gasteiger partial charge is 0.261 e. The zero-order valence-corrected chi connectivity index (χ0v) is 10.7. The molecule has 1 aliphatic rings. The molecule has 0 heterocycles. The Kier molecular flexibility index (Phi) is 4.85. The van der Waals surface area contributed by atoms with Crippen LogP contribution in [0.25, 0.3) is 0 Å². The Morgan fingerprint density at radius 2 is 2.00 bits per heavy atom. The number of halogens is 2. The van der Waals surface area contributed by atoms with Gasteiger partial charge in [0, 0.05) is 6.04 Å². The van der Waals surface area contributed by atoms with Crippen molar-refractivity contribution in [3.63, 3.8) is 0 Å². The number of aliphatic hydroxyl groups is 1. The molecule has 0 saturated heterocycles. The van der Waals surface area contributed by atoms with Gasteiger partial charge in [0.2, 0.25) is 0 Å². The Bertz CT molecular complexity index is 384. The lowest BCUT2D eigenvalue weighted by Gasteiger charge is -2.33. The second-order valence-electron chi connectivity index (χ2n) is 4.93. The molecule has 1 aromatic carbocycles. The van der Waals surface area contributed by atoms with Crippen LogP contribution in [-0.2, 0) is 10.3 Å². The van der Waals surface area contributed by atoms with Crippen molar-refractivity contribution in [2.45, 2.75) is 30.8 Å². The molecule has 0 bridgehead atoms. The summed E-state index contributed by atoms with van der Waals surface area (Å²) in [5, 5.41) is 13.1. The predicted molar refractivity (Wildman–Crippen MR) is 68.2 cm³/mol. The van der Waals surface area contributed by atoms with Crippen molar-refractivity contribution < 1.29 is 18.6 Å². The summed E-state index contributed by atoms with van der Waals surface area (Å²) in [6, 6.07) is 9.68. The van der Waals surface area contributed by atoms with E-state index in [-0.39, 0.29) is 13.2 Å². The lowest BCUT2D eigenvalue weighted by molar-refractivity contribution is -0.0226. The highest BCUT2D eigenvalue weighted by atomic mass is 19.3. The van der Waals surface area contributed by atoms with E-state index in [1.54, 1.807) is 0 Å². The summed E-state index contributed by atoms with van der Waals surface area (Å²) in [5.41, 5.74) is 0.0655. The highest BCUT2D eigenvalue weighted by Gasteiger charge is 2.37. The number of aliphatic hydroxyl groups excluding tert-OH is 1. The van der Waals surface area contributed by atoms with Gasteiger partial charge in [0.25, 0.3) is 6.43 Å². The van der Waals surface area contributed by atoms with Gasteiger partial charge in [-0.1, -0.05) is 30.3 Å². The van der Waals surface area contributed by atoms with Crippen LogP contribution in [0, 0.1) is 0 Å². The van der Waals surface area contributed by atoms with E-state index in [1.807, 2.05) is 30.3 Å². The molecule has 5 heteroatoms. The molecule has 106 valence electrons. The summed E-state index contributed by atoms with van der Waals surface area (Å²) < 4.78 is 29.4. The Morgan fingerprint density at radius 1 is 1.32 bits per heavy atom. The number of nitrogens with one attached hydrogen (secondary N) is 1. The largest absolute Gasteiger partial charge is 0.394 e. The van der Waals surface area contributed by atoms with Crippen molar-refractivity contribution in [1.29, 1.82) is 0 Å². The van der Waals surface area contributed by atoms with Gasteiger partial charge in [-0.3, -0.25) is 0 Å². The molecule has 2 rings (SSSR count). The van der Waals surface area contributed by atoms with Gasteiger partial charge < -0.3 is 15.2 Å². The first kappa shape index (κ1) is 14.4. The molecule has 1 unspecified atom stereocenters. The molecule has 1 atom stereocenters. The maximum absolute atomic E-state index is 12.2. The maximum Gasteiger partial charge on any atom is 0.261 e. The van der Waals surface area contributed by atoms with Crippen LogP contribution in [0.3, 0.4) is 0 Å². The zero-order valence-electron chi connectivity index (χ0n) is 10.7. The van der Waals surface area contributed by atoms with Crippen LogP contribution in [-0.4, -0.2) is 37.4 Å². The van der Waals surface area contributed by atoms with E-state index in [1.165, 1.54) is 0 Å². The number of benzene rings is 1. The second-order valence-corrected chi connectivity index (χ2v) is 4.93. The van der Waals surface area contributed by atoms with Crippen molar-refractivity contribution in [3.8, 4) is 0 Å². The number of hydrogen-bond acceptors (Lipinski definition) is 3. The van der Waals surface area contributed by atoms with Gasteiger partial charge in [-0.05, 0) is 18.4 Å². The molecule has 1 saturated carbocycles. The third-order valence-electron chi connectivity index (χ3n) is 3.25. The molecule has 0 spiro atoms. The molecular formula is C14H19F2NO2. The third kappa shape index (κ3) is 3.96. The molecule has 0 aliphatic heterocycles. The van der Waals surface area contributed by atoms with Gasteiger partial charge in [-0.2, -0.15) is 0 Å². The minimum Gasteiger partial charge on any atom is -0.394 e. The van der Waals surface area contributed by atoms with Crippen molar-refractivity contribution in [2.75, 3.05) is 19.8 Å². The van der Waals surface area contributed by atoms with Gasteiger partial charge in [0.05, 0.1) is 18.8 Å². The van der Waals surface area contributed by atoms with E-state index in [4.69, 9.17) is 4.74 Å².